The molecule has 0 spiro atoms. The van der Waals surface area contributed by atoms with Crippen LogP contribution in [0.5, 0.6) is 0 Å². The summed E-state index contributed by atoms with van der Waals surface area (Å²) in [6.07, 6.45) is 8.84. The number of carbonyl (C=O) groups excluding carboxylic acids is 2. The number of hydrogen-bond donors (Lipinski definition) is 0. The van der Waals surface area contributed by atoms with Crippen molar-refractivity contribution in [1.82, 2.24) is 0 Å². The van der Waals surface area contributed by atoms with E-state index >= 15 is 0 Å². The number of aliphatic imine (C=N–C) groups is 2. The molecule has 0 aromatic carbocycles. The largest absolute Gasteiger partial charge is 0.290 e. The van der Waals surface area contributed by atoms with Crippen LogP contribution < -0.4 is 0 Å². The van der Waals surface area contributed by atoms with E-state index < -0.39 is 11.1 Å². The lowest BCUT2D eigenvalue weighted by Crippen LogP contribution is -2.56. The highest BCUT2D eigenvalue weighted by Crippen LogP contribution is 2.53. The van der Waals surface area contributed by atoms with E-state index in [1.807, 2.05) is 0 Å². The first kappa shape index (κ1) is 21.4. The van der Waals surface area contributed by atoms with Crippen LogP contribution in [0.2, 0.25) is 0 Å². The summed E-state index contributed by atoms with van der Waals surface area (Å²) in [4.78, 5) is 37.1. The summed E-state index contributed by atoms with van der Waals surface area (Å²) in [6, 6.07) is 0. The Balaban J connectivity index is 1.96. The first-order valence-corrected chi connectivity index (χ1v) is 11.3. The molecule has 0 saturated heterocycles. The molecule has 3 rings (SSSR count). The molecule has 0 aromatic rings. The second-order valence-corrected chi connectivity index (χ2v) is 10.9. The van der Waals surface area contributed by atoms with Gasteiger partial charge in [-0.25, -0.2) is 0 Å². The Kier molecular flexibility index (Phi) is 5.48. The van der Waals surface area contributed by atoms with Crippen molar-refractivity contribution in [1.29, 1.82) is 0 Å². The van der Waals surface area contributed by atoms with Crippen LogP contribution in [0.1, 0.15) is 106 Å². The van der Waals surface area contributed by atoms with E-state index in [4.69, 9.17) is 9.98 Å². The lowest BCUT2D eigenvalue weighted by atomic mass is 9.65. The molecule has 0 aromatic heterocycles. The van der Waals surface area contributed by atoms with Gasteiger partial charge in [0.15, 0.2) is 11.1 Å². The van der Waals surface area contributed by atoms with Gasteiger partial charge >= 0.3 is 0 Å². The topological polar surface area (TPSA) is 58.9 Å². The molecular weight excluding hydrogens is 348 g/mol. The van der Waals surface area contributed by atoms with Crippen molar-refractivity contribution < 1.29 is 9.59 Å². The fraction of sp³-hybridized carbons (Fsp3) is 0.833. The van der Waals surface area contributed by atoms with Crippen LogP contribution in [0.4, 0.5) is 0 Å². The molecule has 0 amide bonds. The third-order valence-electron chi connectivity index (χ3n) is 7.08. The van der Waals surface area contributed by atoms with Gasteiger partial charge in [-0.1, -0.05) is 67.2 Å². The van der Waals surface area contributed by atoms with Crippen LogP contribution in [0.25, 0.3) is 0 Å². The zero-order valence-corrected chi connectivity index (χ0v) is 18.8. The Bertz CT molecular complexity index is 669. The molecule has 156 valence electrons. The molecule has 2 unspecified atom stereocenters. The summed E-state index contributed by atoms with van der Waals surface area (Å²) < 4.78 is 0. The second kappa shape index (κ2) is 7.18. The first-order valence-electron chi connectivity index (χ1n) is 11.3. The van der Waals surface area contributed by atoms with Crippen LogP contribution in [-0.2, 0) is 9.59 Å². The molecule has 2 aliphatic heterocycles. The van der Waals surface area contributed by atoms with Gasteiger partial charge in [0, 0.05) is 0 Å². The molecule has 0 bridgehead atoms. The SMILES string of the molecule is CCCC(C)(C)CC1=NC23CCCCC2(N=C(CC(C)(C)CCC)C3=O)C1=O. The Labute approximate surface area is 170 Å². The molecule has 28 heavy (non-hydrogen) atoms. The lowest BCUT2D eigenvalue weighted by molar-refractivity contribution is -0.126. The molecule has 4 nitrogen and oxygen atoms in total. The summed E-state index contributed by atoms with van der Waals surface area (Å²) >= 11 is 0. The van der Waals surface area contributed by atoms with E-state index in [9.17, 15) is 9.59 Å². The van der Waals surface area contributed by atoms with Gasteiger partial charge in [-0.2, -0.15) is 0 Å². The smallest absolute Gasteiger partial charge is 0.207 e. The number of ketones is 2. The van der Waals surface area contributed by atoms with E-state index in [2.05, 4.69) is 41.5 Å². The van der Waals surface area contributed by atoms with Crippen molar-refractivity contribution in [3.63, 3.8) is 0 Å². The Hall–Kier alpha value is -1.32. The second-order valence-electron chi connectivity index (χ2n) is 10.9. The third kappa shape index (κ3) is 3.31. The molecule has 0 radical (unpaired) electrons. The normalized spacial score (nSPS) is 30.2. The van der Waals surface area contributed by atoms with Crippen molar-refractivity contribution in [2.75, 3.05) is 0 Å². The summed E-state index contributed by atoms with van der Waals surface area (Å²) in [6.45, 7) is 13.1. The van der Waals surface area contributed by atoms with Gasteiger partial charge in [0.25, 0.3) is 0 Å². The number of Topliss-reactive ketones (excluding diaryl/α,β-unsaturated/α-hetero) is 2. The summed E-state index contributed by atoms with van der Waals surface area (Å²) in [5.41, 5.74) is -0.530. The highest BCUT2D eigenvalue weighted by molar-refractivity contribution is 6.55. The predicted octanol–water partition coefficient (Wildman–Crippen LogP) is 5.52. The van der Waals surface area contributed by atoms with E-state index in [-0.39, 0.29) is 22.4 Å². The maximum Gasteiger partial charge on any atom is 0.207 e. The highest BCUT2D eigenvalue weighted by atomic mass is 16.2. The van der Waals surface area contributed by atoms with Crippen molar-refractivity contribution in [3.8, 4) is 0 Å². The average molecular weight is 387 g/mol. The zero-order chi connectivity index (χ0) is 20.8. The number of carbonyl (C=O) groups is 2. The maximum absolute atomic E-state index is 13.6. The van der Waals surface area contributed by atoms with Crippen LogP contribution >= 0.6 is 0 Å². The fourth-order valence-corrected chi connectivity index (χ4v) is 5.89. The third-order valence-corrected chi connectivity index (χ3v) is 7.08. The quantitative estimate of drug-likeness (QED) is 0.551. The lowest BCUT2D eigenvalue weighted by Gasteiger charge is -2.37. The molecule has 1 saturated carbocycles. The fourth-order valence-electron chi connectivity index (χ4n) is 5.89. The Morgan fingerprint density at radius 2 is 1.11 bits per heavy atom. The number of hydrogen-bond acceptors (Lipinski definition) is 4. The summed E-state index contributed by atoms with van der Waals surface area (Å²) in [7, 11) is 0. The number of nitrogens with zero attached hydrogens (tertiary/aromatic N) is 2. The average Bonchev–Trinajstić information content (AvgIpc) is 2.96. The molecule has 2 atom stereocenters. The summed E-state index contributed by atoms with van der Waals surface area (Å²) in [5, 5.41) is 0. The minimum atomic E-state index is -0.919. The van der Waals surface area contributed by atoms with Crippen molar-refractivity contribution in [2.45, 2.75) is 117 Å². The molecule has 1 fully saturated rings. The van der Waals surface area contributed by atoms with E-state index in [0.717, 1.165) is 38.5 Å². The standard InChI is InChI=1S/C24H38N2O2/c1-7-11-21(3,4)15-17-19(27)23-13-9-10-14-24(23,25-17)20(28)18(26-23)16-22(5,6)12-8-2/h7-16H2,1-6H3. The minimum absolute atomic E-state index is 0.0248. The Morgan fingerprint density at radius 1 is 0.750 bits per heavy atom. The van der Waals surface area contributed by atoms with Crippen molar-refractivity contribution >= 4 is 23.0 Å². The van der Waals surface area contributed by atoms with Crippen LogP contribution in [0.3, 0.4) is 0 Å². The van der Waals surface area contributed by atoms with E-state index in [1.165, 1.54) is 0 Å². The summed E-state index contributed by atoms with van der Waals surface area (Å²) in [5.74, 6) is 0.0982. The molecular formula is C24H38N2O2. The predicted molar refractivity (Wildman–Crippen MR) is 115 cm³/mol. The van der Waals surface area contributed by atoms with Crippen molar-refractivity contribution in [2.24, 2.45) is 20.8 Å². The van der Waals surface area contributed by atoms with Crippen molar-refractivity contribution in [3.05, 3.63) is 0 Å². The highest BCUT2D eigenvalue weighted by Gasteiger charge is 2.70. The molecule has 0 N–H and O–H groups in total. The zero-order valence-electron chi connectivity index (χ0n) is 18.8. The van der Waals surface area contributed by atoms with Gasteiger partial charge in [0.05, 0.1) is 11.4 Å². The Morgan fingerprint density at radius 3 is 1.43 bits per heavy atom. The van der Waals surface area contributed by atoms with Gasteiger partial charge in [0.1, 0.15) is 0 Å². The molecule has 1 aliphatic carbocycles. The van der Waals surface area contributed by atoms with Crippen LogP contribution in [0, 0.1) is 10.8 Å². The molecule has 4 heteroatoms. The van der Waals surface area contributed by atoms with Gasteiger partial charge in [-0.05, 0) is 49.4 Å². The van der Waals surface area contributed by atoms with Gasteiger partial charge in [0.2, 0.25) is 11.6 Å². The van der Waals surface area contributed by atoms with Gasteiger partial charge in [-0.3, -0.25) is 19.6 Å². The van der Waals surface area contributed by atoms with E-state index in [1.54, 1.807) is 0 Å². The van der Waals surface area contributed by atoms with E-state index in [0.29, 0.717) is 37.1 Å². The minimum Gasteiger partial charge on any atom is -0.290 e. The van der Waals surface area contributed by atoms with Gasteiger partial charge < -0.3 is 0 Å². The monoisotopic (exact) mass is 386 g/mol. The van der Waals surface area contributed by atoms with Crippen LogP contribution in [-0.4, -0.2) is 34.1 Å². The number of rotatable bonds is 8. The molecule has 3 aliphatic rings. The maximum atomic E-state index is 13.6. The van der Waals surface area contributed by atoms with Gasteiger partial charge in [-0.15, -0.1) is 0 Å². The first-order chi connectivity index (χ1) is 13.0. The molecule has 2 heterocycles. The van der Waals surface area contributed by atoms with Crippen LogP contribution in [0.15, 0.2) is 9.98 Å².